The van der Waals surface area contributed by atoms with Gasteiger partial charge in [0.05, 0.1) is 12.6 Å². The van der Waals surface area contributed by atoms with Gasteiger partial charge in [0.1, 0.15) is 12.4 Å². The van der Waals surface area contributed by atoms with Crippen molar-refractivity contribution >= 4 is 0 Å². The van der Waals surface area contributed by atoms with E-state index in [1.807, 2.05) is 6.07 Å². The largest absolute Gasteiger partial charge is 0.376 e. The molecule has 1 aromatic rings. The van der Waals surface area contributed by atoms with Crippen LogP contribution in [0.4, 0.5) is 0 Å². The summed E-state index contributed by atoms with van der Waals surface area (Å²) in [6.07, 6.45) is 4.00. The predicted molar refractivity (Wildman–Crippen MR) is 43.7 cm³/mol. The van der Waals surface area contributed by atoms with E-state index >= 15 is 0 Å². The highest BCUT2D eigenvalue weighted by Crippen LogP contribution is 2.13. The molecule has 2 heterocycles. The van der Waals surface area contributed by atoms with Gasteiger partial charge in [0.15, 0.2) is 0 Å². The van der Waals surface area contributed by atoms with Crippen molar-refractivity contribution < 1.29 is 4.74 Å². The molecule has 1 aliphatic heterocycles. The minimum absolute atomic E-state index is 0.220. The molecule has 1 aliphatic rings. The van der Waals surface area contributed by atoms with Crippen LogP contribution >= 0.6 is 0 Å². The third-order valence-corrected chi connectivity index (χ3v) is 2.05. The van der Waals surface area contributed by atoms with Gasteiger partial charge in [-0.3, -0.25) is 0 Å². The highest BCUT2D eigenvalue weighted by molar-refractivity contribution is 5.05. The van der Waals surface area contributed by atoms with Crippen LogP contribution < -0.4 is 0 Å². The van der Waals surface area contributed by atoms with Crippen LogP contribution in [-0.4, -0.2) is 27.5 Å². The second kappa shape index (κ2) is 3.54. The van der Waals surface area contributed by atoms with E-state index in [1.165, 1.54) is 0 Å². The van der Waals surface area contributed by atoms with Gasteiger partial charge in [0.2, 0.25) is 0 Å². The van der Waals surface area contributed by atoms with E-state index < -0.39 is 0 Å². The Bertz CT molecular complexity index is 321. The summed E-state index contributed by atoms with van der Waals surface area (Å²) in [6, 6.07) is 1.89. The Balaban J connectivity index is 1.97. The third-order valence-electron chi connectivity index (χ3n) is 2.05. The number of aromatic nitrogens is 3. The molecule has 0 aliphatic carbocycles. The molecule has 1 atom stereocenters. The number of ether oxygens (including phenoxy) is 1. The first-order chi connectivity index (χ1) is 6.38. The van der Waals surface area contributed by atoms with E-state index in [0.717, 1.165) is 19.4 Å². The molecule has 0 spiro atoms. The van der Waals surface area contributed by atoms with Crippen molar-refractivity contribution in [3.8, 4) is 6.07 Å². The lowest BCUT2D eigenvalue weighted by Crippen LogP contribution is -2.15. The molecule has 5 heteroatoms. The molecule has 0 bridgehead atoms. The summed E-state index contributed by atoms with van der Waals surface area (Å²) in [5.74, 6) is 0.220. The molecule has 1 aromatic heterocycles. The van der Waals surface area contributed by atoms with E-state index in [9.17, 15) is 0 Å². The van der Waals surface area contributed by atoms with Crippen molar-refractivity contribution in [2.75, 3.05) is 6.61 Å². The maximum Gasteiger partial charge on any atom is 0.252 e. The van der Waals surface area contributed by atoms with Gasteiger partial charge in [-0.2, -0.15) is 5.26 Å². The maximum absolute atomic E-state index is 8.49. The van der Waals surface area contributed by atoms with Gasteiger partial charge in [-0.1, -0.05) is 0 Å². The third kappa shape index (κ3) is 1.84. The van der Waals surface area contributed by atoms with Crippen LogP contribution in [0.1, 0.15) is 18.7 Å². The first-order valence-electron chi connectivity index (χ1n) is 4.29. The highest BCUT2D eigenvalue weighted by atomic mass is 16.5. The summed E-state index contributed by atoms with van der Waals surface area (Å²) in [5, 5.41) is 12.4. The fourth-order valence-electron chi connectivity index (χ4n) is 1.43. The van der Waals surface area contributed by atoms with Crippen molar-refractivity contribution in [3.63, 3.8) is 0 Å². The van der Waals surface area contributed by atoms with E-state index in [0.29, 0.717) is 6.54 Å². The van der Waals surface area contributed by atoms with E-state index in [1.54, 1.807) is 11.0 Å². The molecule has 5 nitrogen and oxygen atoms in total. The summed E-state index contributed by atoms with van der Waals surface area (Å²) in [4.78, 5) is 3.81. The molecular weight excluding hydrogens is 168 g/mol. The number of nitriles is 1. The van der Waals surface area contributed by atoms with Gasteiger partial charge in [-0.15, -0.1) is 5.10 Å². The van der Waals surface area contributed by atoms with Crippen LogP contribution in [0.25, 0.3) is 0 Å². The van der Waals surface area contributed by atoms with Gasteiger partial charge in [-0.05, 0) is 12.8 Å². The van der Waals surface area contributed by atoms with Crippen molar-refractivity contribution in [1.82, 2.24) is 14.8 Å². The molecule has 13 heavy (non-hydrogen) atoms. The van der Waals surface area contributed by atoms with Crippen LogP contribution in [0.5, 0.6) is 0 Å². The first-order valence-corrected chi connectivity index (χ1v) is 4.29. The van der Waals surface area contributed by atoms with Crippen LogP contribution in [0.3, 0.4) is 0 Å². The molecule has 2 rings (SSSR count). The molecule has 1 fully saturated rings. The SMILES string of the molecule is N#Cc1ncn(C[C@H]2CCCO2)n1. The zero-order valence-corrected chi connectivity index (χ0v) is 7.18. The maximum atomic E-state index is 8.49. The summed E-state index contributed by atoms with van der Waals surface area (Å²) >= 11 is 0. The smallest absolute Gasteiger partial charge is 0.252 e. The Morgan fingerprint density at radius 1 is 1.77 bits per heavy atom. The fraction of sp³-hybridized carbons (Fsp3) is 0.625. The standard InChI is InChI=1S/C8H10N4O/c9-4-8-10-6-12(11-8)5-7-2-1-3-13-7/h6-7H,1-3,5H2/t7-/m1/s1. The van der Waals surface area contributed by atoms with Crippen LogP contribution in [-0.2, 0) is 11.3 Å². The second-order valence-electron chi connectivity index (χ2n) is 3.04. The normalized spacial score (nSPS) is 21.6. The zero-order chi connectivity index (χ0) is 9.10. The van der Waals surface area contributed by atoms with E-state index in [-0.39, 0.29) is 11.9 Å². The second-order valence-corrected chi connectivity index (χ2v) is 3.04. The molecule has 0 aromatic carbocycles. The summed E-state index contributed by atoms with van der Waals surface area (Å²) < 4.78 is 7.09. The van der Waals surface area contributed by atoms with Gasteiger partial charge in [0.25, 0.3) is 5.82 Å². The number of rotatable bonds is 2. The van der Waals surface area contributed by atoms with E-state index in [2.05, 4.69) is 10.1 Å². The minimum atomic E-state index is 0.220. The molecule has 0 unspecified atom stereocenters. The molecular formula is C8H10N4O. The highest BCUT2D eigenvalue weighted by Gasteiger charge is 2.16. The average Bonchev–Trinajstić information content (AvgIpc) is 2.76. The van der Waals surface area contributed by atoms with Crippen LogP contribution in [0, 0.1) is 11.3 Å². The molecule has 0 N–H and O–H groups in total. The molecule has 0 saturated carbocycles. The summed E-state index contributed by atoms with van der Waals surface area (Å²) in [7, 11) is 0. The zero-order valence-electron chi connectivity index (χ0n) is 7.18. The quantitative estimate of drug-likeness (QED) is 0.654. The topological polar surface area (TPSA) is 63.7 Å². The Morgan fingerprint density at radius 3 is 3.31 bits per heavy atom. The number of hydrogen-bond donors (Lipinski definition) is 0. The lowest BCUT2D eigenvalue weighted by Gasteiger charge is -2.07. The van der Waals surface area contributed by atoms with Gasteiger partial charge < -0.3 is 4.74 Å². The first kappa shape index (κ1) is 8.20. The number of nitrogens with zero attached hydrogens (tertiary/aromatic N) is 4. The molecule has 0 amide bonds. The Hall–Kier alpha value is -1.41. The van der Waals surface area contributed by atoms with Gasteiger partial charge in [0, 0.05) is 6.61 Å². The van der Waals surface area contributed by atoms with Gasteiger partial charge >= 0.3 is 0 Å². The molecule has 68 valence electrons. The monoisotopic (exact) mass is 178 g/mol. The Kier molecular flexibility index (Phi) is 2.23. The minimum Gasteiger partial charge on any atom is -0.376 e. The average molecular weight is 178 g/mol. The lowest BCUT2D eigenvalue weighted by molar-refractivity contribution is 0.0939. The van der Waals surface area contributed by atoms with Crippen molar-refractivity contribution in [3.05, 3.63) is 12.2 Å². The molecule has 0 radical (unpaired) electrons. The summed E-state index contributed by atoms with van der Waals surface area (Å²) in [6.45, 7) is 1.54. The van der Waals surface area contributed by atoms with Crippen LogP contribution in [0.15, 0.2) is 6.33 Å². The Labute approximate surface area is 75.9 Å². The molecule has 1 saturated heterocycles. The lowest BCUT2D eigenvalue weighted by atomic mass is 10.2. The van der Waals surface area contributed by atoms with Gasteiger partial charge in [-0.25, -0.2) is 9.67 Å². The Morgan fingerprint density at radius 2 is 2.69 bits per heavy atom. The number of hydrogen-bond acceptors (Lipinski definition) is 4. The van der Waals surface area contributed by atoms with Crippen molar-refractivity contribution in [2.24, 2.45) is 0 Å². The van der Waals surface area contributed by atoms with Crippen molar-refractivity contribution in [1.29, 1.82) is 5.26 Å². The van der Waals surface area contributed by atoms with Crippen LogP contribution in [0.2, 0.25) is 0 Å². The fourth-order valence-corrected chi connectivity index (χ4v) is 1.43. The summed E-state index contributed by atoms with van der Waals surface area (Å²) in [5.41, 5.74) is 0. The predicted octanol–water partition coefficient (Wildman–Crippen LogP) is 0.329. The van der Waals surface area contributed by atoms with E-state index in [4.69, 9.17) is 10.00 Å². The van der Waals surface area contributed by atoms with Crippen molar-refractivity contribution in [2.45, 2.75) is 25.5 Å².